The second-order valence-corrected chi connectivity index (χ2v) is 3.01. The van der Waals surface area contributed by atoms with Crippen LogP contribution in [0.2, 0.25) is 0 Å². The molecule has 0 heterocycles. The molecule has 0 aromatic carbocycles. The van der Waals surface area contributed by atoms with Crippen LogP contribution in [-0.2, 0) is 0 Å². The van der Waals surface area contributed by atoms with Gasteiger partial charge in [0.25, 0.3) is 0 Å². The first-order valence-corrected chi connectivity index (χ1v) is 4.62. The normalized spacial score (nSPS) is 12.9. The smallest absolute Gasteiger partial charge is 0.0718 e. The second-order valence-electron chi connectivity index (χ2n) is 3.01. The van der Waals surface area contributed by atoms with E-state index in [1.807, 2.05) is 0 Å². The van der Waals surface area contributed by atoms with Gasteiger partial charge < -0.3 is 5.11 Å². The lowest BCUT2D eigenvalue weighted by Crippen LogP contribution is -2.00. The van der Waals surface area contributed by atoms with E-state index in [9.17, 15) is 0 Å². The third-order valence-corrected chi connectivity index (χ3v) is 1.88. The van der Waals surface area contributed by atoms with Crippen molar-refractivity contribution in [1.29, 1.82) is 0 Å². The van der Waals surface area contributed by atoms with E-state index in [-0.39, 0.29) is 6.10 Å². The van der Waals surface area contributed by atoms with Crippen molar-refractivity contribution in [3.63, 3.8) is 0 Å². The molecule has 0 spiro atoms. The van der Waals surface area contributed by atoms with Gasteiger partial charge >= 0.3 is 0 Å². The van der Waals surface area contributed by atoms with E-state index in [2.05, 4.69) is 13.5 Å². The fourth-order valence-corrected chi connectivity index (χ4v) is 1.07. The molecule has 0 amide bonds. The third-order valence-electron chi connectivity index (χ3n) is 1.88. The van der Waals surface area contributed by atoms with E-state index in [4.69, 9.17) is 5.11 Å². The van der Waals surface area contributed by atoms with Crippen molar-refractivity contribution >= 4 is 0 Å². The molecule has 1 heteroatoms. The molecule has 0 aliphatic rings. The lowest BCUT2D eigenvalue weighted by Gasteiger charge is -2.03. The third kappa shape index (κ3) is 7.60. The van der Waals surface area contributed by atoms with Crippen LogP contribution in [-0.4, -0.2) is 11.2 Å². The minimum Gasteiger partial charge on any atom is -0.389 e. The van der Waals surface area contributed by atoms with E-state index in [1.165, 1.54) is 25.7 Å². The monoisotopic (exact) mass is 156 g/mol. The summed E-state index contributed by atoms with van der Waals surface area (Å²) in [5.41, 5.74) is 0. The van der Waals surface area contributed by atoms with Crippen molar-refractivity contribution in [2.24, 2.45) is 0 Å². The fourth-order valence-electron chi connectivity index (χ4n) is 1.07. The molecule has 1 N–H and O–H groups in total. The average Bonchev–Trinajstić information content (AvgIpc) is 2.04. The number of rotatable bonds is 7. The Kier molecular flexibility index (Phi) is 7.59. The minimum absolute atomic E-state index is 0.281. The van der Waals surface area contributed by atoms with Crippen LogP contribution in [0.5, 0.6) is 0 Å². The Morgan fingerprint density at radius 2 is 1.91 bits per heavy atom. The molecule has 0 aromatic rings. The molecule has 66 valence electrons. The van der Waals surface area contributed by atoms with Gasteiger partial charge in [-0.2, -0.15) is 0 Å². The van der Waals surface area contributed by atoms with Crippen LogP contribution in [0.3, 0.4) is 0 Å². The molecule has 11 heavy (non-hydrogen) atoms. The topological polar surface area (TPSA) is 20.2 Å². The van der Waals surface area contributed by atoms with Gasteiger partial charge in [-0.25, -0.2) is 0 Å². The molecule has 1 nitrogen and oxygen atoms in total. The van der Waals surface area contributed by atoms with Crippen LogP contribution >= 0.6 is 0 Å². The molecule has 0 fully saturated rings. The van der Waals surface area contributed by atoms with E-state index in [0.717, 1.165) is 12.8 Å². The number of unbranched alkanes of at least 4 members (excludes halogenated alkanes) is 4. The molecule has 0 unspecified atom stereocenters. The maximum atomic E-state index is 9.10. The van der Waals surface area contributed by atoms with Gasteiger partial charge in [-0.1, -0.05) is 45.1 Å². The summed E-state index contributed by atoms with van der Waals surface area (Å²) in [4.78, 5) is 0. The van der Waals surface area contributed by atoms with Crippen LogP contribution in [0.15, 0.2) is 12.7 Å². The summed E-state index contributed by atoms with van der Waals surface area (Å²) in [6.07, 6.45) is 8.50. The minimum atomic E-state index is -0.281. The summed E-state index contributed by atoms with van der Waals surface area (Å²) in [6, 6.07) is 0. The van der Waals surface area contributed by atoms with Gasteiger partial charge in [0.2, 0.25) is 0 Å². The Morgan fingerprint density at radius 1 is 1.27 bits per heavy atom. The van der Waals surface area contributed by atoms with Crippen molar-refractivity contribution in [3.05, 3.63) is 12.7 Å². The summed E-state index contributed by atoms with van der Waals surface area (Å²) in [6.45, 7) is 5.73. The van der Waals surface area contributed by atoms with E-state index in [1.54, 1.807) is 6.08 Å². The Morgan fingerprint density at radius 3 is 2.45 bits per heavy atom. The first-order valence-electron chi connectivity index (χ1n) is 4.62. The number of hydrogen-bond acceptors (Lipinski definition) is 1. The van der Waals surface area contributed by atoms with E-state index in [0.29, 0.717) is 0 Å². The van der Waals surface area contributed by atoms with Gasteiger partial charge in [-0.3, -0.25) is 0 Å². The first kappa shape index (κ1) is 10.7. The SMILES string of the molecule is C=C[C@@H](O)CCCCCCC. The van der Waals surface area contributed by atoms with Crippen LogP contribution in [0, 0.1) is 0 Å². The lowest BCUT2D eigenvalue weighted by atomic mass is 10.1. The van der Waals surface area contributed by atoms with E-state index >= 15 is 0 Å². The van der Waals surface area contributed by atoms with Gasteiger partial charge in [-0.15, -0.1) is 6.58 Å². The standard InChI is InChI=1S/C10H20O/c1-3-5-6-7-8-9-10(11)4-2/h4,10-11H,2-3,5-9H2,1H3/t10-/m1/s1. The second kappa shape index (κ2) is 7.80. The fraction of sp³-hybridized carbons (Fsp3) is 0.800. The van der Waals surface area contributed by atoms with Gasteiger partial charge in [0.1, 0.15) is 0 Å². The van der Waals surface area contributed by atoms with Crippen molar-refractivity contribution < 1.29 is 5.11 Å². The Balaban J connectivity index is 2.95. The zero-order valence-electron chi connectivity index (χ0n) is 7.55. The molecular formula is C10H20O. The number of hydrogen-bond donors (Lipinski definition) is 1. The van der Waals surface area contributed by atoms with Crippen LogP contribution < -0.4 is 0 Å². The molecule has 0 radical (unpaired) electrons. The largest absolute Gasteiger partial charge is 0.389 e. The average molecular weight is 156 g/mol. The van der Waals surface area contributed by atoms with Crippen LogP contribution in [0.25, 0.3) is 0 Å². The van der Waals surface area contributed by atoms with Gasteiger partial charge in [0.15, 0.2) is 0 Å². The van der Waals surface area contributed by atoms with Gasteiger partial charge in [0, 0.05) is 0 Å². The first-order chi connectivity index (χ1) is 5.31. The molecule has 0 aliphatic heterocycles. The van der Waals surface area contributed by atoms with Gasteiger partial charge in [-0.05, 0) is 6.42 Å². The summed E-state index contributed by atoms with van der Waals surface area (Å²) in [5.74, 6) is 0. The molecule has 0 rings (SSSR count). The number of aliphatic hydroxyl groups excluding tert-OH is 1. The Labute approximate surface area is 70.1 Å². The molecule has 0 aromatic heterocycles. The quantitative estimate of drug-likeness (QED) is 0.444. The number of aliphatic hydroxyl groups is 1. The zero-order valence-corrected chi connectivity index (χ0v) is 7.55. The maximum Gasteiger partial charge on any atom is 0.0718 e. The van der Waals surface area contributed by atoms with Crippen molar-refractivity contribution in [3.8, 4) is 0 Å². The summed E-state index contributed by atoms with van der Waals surface area (Å²) in [5, 5.41) is 9.10. The highest BCUT2D eigenvalue weighted by atomic mass is 16.3. The Hall–Kier alpha value is -0.300. The van der Waals surface area contributed by atoms with Gasteiger partial charge in [0.05, 0.1) is 6.10 Å². The van der Waals surface area contributed by atoms with E-state index < -0.39 is 0 Å². The highest BCUT2D eigenvalue weighted by Crippen LogP contribution is 2.07. The summed E-state index contributed by atoms with van der Waals surface area (Å²) in [7, 11) is 0. The highest BCUT2D eigenvalue weighted by molar-refractivity contribution is 4.77. The molecule has 0 saturated carbocycles. The molecule has 1 atom stereocenters. The summed E-state index contributed by atoms with van der Waals surface area (Å²) < 4.78 is 0. The molecule has 0 bridgehead atoms. The predicted octanol–water partition coefficient (Wildman–Crippen LogP) is 2.89. The lowest BCUT2D eigenvalue weighted by molar-refractivity contribution is 0.208. The van der Waals surface area contributed by atoms with Crippen LogP contribution in [0.1, 0.15) is 45.4 Å². The molecular weight excluding hydrogens is 136 g/mol. The van der Waals surface area contributed by atoms with Crippen molar-refractivity contribution in [2.75, 3.05) is 0 Å². The Bertz CT molecular complexity index is 88.9. The predicted molar refractivity (Wildman–Crippen MR) is 49.6 cm³/mol. The maximum absolute atomic E-state index is 9.10. The molecule has 0 saturated heterocycles. The molecule has 0 aliphatic carbocycles. The van der Waals surface area contributed by atoms with Crippen molar-refractivity contribution in [2.45, 2.75) is 51.6 Å². The van der Waals surface area contributed by atoms with Crippen molar-refractivity contribution in [1.82, 2.24) is 0 Å². The van der Waals surface area contributed by atoms with Crippen LogP contribution in [0.4, 0.5) is 0 Å². The highest BCUT2D eigenvalue weighted by Gasteiger charge is 1.96. The summed E-state index contributed by atoms with van der Waals surface area (Å²) >= 11 is 0. The zero-order chi connectivity index (χ0) is 8.53.